The number of fused-ring (bicyclic) bond motifs is 1. The van der Waals surface area contributed by atoms with Crippen LogP contribution in [0.5, 0.6) is 0 Å². The van der Waals surface area contributed by atoms with Crippen molar-refractivity contribution in [3.63, 3.8) is 0 Å². The molecule has 1 N–H and O–H groups in total. The summed E-state index contributed by atoms with van der Waals surface area (Å²) >= 11 is 0. The molecule has 0 saturated carbocycles. The lowest BCUT2D eigenvalue weighted by Crippen LogP contribution is -2.70. The Hall–Kier alpha value is -2.18. The molecular formula is C21H26N4O2. The number of nitrogens with one attached hydrogen (secondary N) is 1. The number of amides is 1. The zero-order chi connectivity index (χ0) is 18.6. The molecule has 27 heavy (non-hydrogen) atoms. The number of rotatable bonds is 3. The minimum Gasteiger partial charge on any atom is -0.361 e. The second kappa shape index (κ2) is 6.17. The average molecular weight is 366 g/mol. The standard InChI is InChI=1S/C21H26N4O2/c1-14-18(15(2)27-23-14)20(26)22-19-16-10-24-8-9-25(11-16)13-21(19,12-24)17-6-4-3-5-7-17/h3-7,16,19H,8-13H2,1-2H3,(H,22,26)/t16?,19-,21?/m1/s1. The van der Waals surface area contributed by atoms with Gasteiger partial charge < -0.3 is 19.6 Å². The Bertz CT molecular complexity index is 827. The highest BCUT2D eigenvalue weighted by Gasteiger charge is 2.55. The number of hydrogen-bond acceptors (Lipinski definition) is 5. The van der Waals surface area contributed by atoms with E-state index in [1.807, 2.05) is 6.92 Å². The lowest BCUT2D eigenvalue weighted by molar-refractivity contribution is 0.0180. The predicted molar refractivity (Wildman–Crippen MR) is 102 cm³/mol. The lowest BCUT2D eigenvalue weighted by Gasteiger charge is -2.55. The molecule has 3 atom stereocenters. The van der Waals surface area contributed by atoms with Gasteiger partial charge in [0.2, 0.25) is 0 Å². The first kappa shape index (κ1) is 17.0. The monoisotopic (exact) mass is 366 g/mol. The summed E-state index contributed by atoms with van der Waals surface area (Å²) in [6.07, 6.45) is 0. The Kier molecular flexibility index (Phi) is 3.88. The molecule has 142 valence electrons. The van der Waals surface area contributed by atoms with Crippen molar-refractivity contribution >= 4 is 5.91 Å². The number of carbonyl (C=O) groups excluding carboxylic acids is 1. The van der Waals surface area contributed by atoms with Gasteiger partial charge in [-0.05, 0) is 19.4 Å². The lowest BCUT2D eigenvalue weighted by atomic mass is 9.64. The molecule has 1 amide bonds. The number of aromatic nitrogens is 1. The van der Waals surface area contributed by atoms with Gasteiger partial charge in [0.05, 0.1) is 5.69 Å². The van der Waals surface area contributed by atoms with E-state index in [-0.39, 0.29) is 17.4 Å². The smallest absolute Gasteiger partial charge is 0.257 e. The number of piperidine rings is 2. The topological polar surface area (TPSA) is 61.6 Å². The molecule has 0 aliphatic carbocycles. The highest BCUT2D eigenvalue weighted by atomic mass is 16.5. The second-order valence-corrected chi connectivity index (χ2v) is 8.40. The van der Waals surface area contributed by atoms with E-state index < -0.39 is 0 Å². The summed E-state index contributed by atoms with van der Waals surface area (Å²) in [7, 11) is 0. The van der Waals surface area contributed by atoms with E-state index in [9.17, 15) is 4.79 Å². The van der Waals surface area contributed by atoms with Gasteiger partial charge in [-0.3, -0.25) is 4.79 Å². The first-order chi connectivity index (χ1) is 13.1. The van der Waals surface area contributed by atoms with Gasteiger partial charge in [0.15, 0.2) is 0 Å². The van der Waals surface area contributed by atoms with Crippen molar-refractivity contribution in [1.82, 2.24) is 20.3 Å². The third-order valence-electron chi connectivity index (χ3n) is 6.69. The first-order valence-corrected chi connectivity index (χ1v) is 9.81. The summed E-state index contributed by atoms with van der Waals surface area (Å²) in [5, 5.41) is 7.38. The van der Waals surface area contributed by atoms with Crippen LogP contribution in [0.15, 0.2) is 34.9 Å². The molecule has 0 spiro atoms. The fourth-order valence-corrected chi connectivity index (χ4v) is 5.59. The molecule has 4 aliphatic heterocycles. The molecule has 6 heteroatoms. The zero-order valence-corrected chi connectivity index (χ0v) is 15.9. The Morgan fingerprint density at radius 3 is 2.41 bits per heavy atom. The van der Waals surface area contributed by atoms with Crippen LogP contribution in [0.2, 0.25) is 0 Å². The summed E-state index contributed by atoms with van der Waals surface area (Å²) in [6, 6.07) is 10.9. The number of carbonyl (C=O) groups is 1. The van der Waals surface area contributed by atoms with Crippen LogP contribution < -0.4 is 5.32 Å². The van der Waals surface area contributed by atoms with E-state index >= 15 is 0 Å². The van der Waals surface area contributed by atoms with E-state index in [1.165, 1.54) is 5.56 Å². The number of aryl methyl sites for hydroxylation is 2. The first-order valence-electron chi connectivity index (χ1n) is 9.81. The molecule has 4 fully saturated rings. The quantitative estimate of drug-likeness (QED) is 0.894. The molecule has 6 rings (SSSR count). The van der Waals surface area contributed by atoms with E-state index in [0.29, 0.717) is 22.9 Å². The Balaban J connectivity index is 1.55. The third kappa shape index (κ3) is 2.62. The minimum absolute atomic E-state index is 0.0531. The van der Waals surface area contributed by atoms with Crippen molar-refractivity contribution in [1.29, 1.82) is 0 Å². The SMILES string of the molecule is Cc1noc(C)c1C(=O)N[C@@H]1C2CN3CCN(C2)CC1(c1ccccc1)C3. The summed E-state index contributed by atoms with van der Waals surface area (Å²) in [5.74, 6) is 0.967. The van der Waals surface area contributed by atoms with Gasteiger partial charge in [-0.1, -0.05) is 35.5 Å². The van der Waals surface area contributed by atoms with Crippen molar-refractivity contribution in [3.8, 4) is 0 Å². The third-order valence-corrected chi connectivity index (χ3v) is 6.69. The molecule has 4 bridgehead atoms. The highest BCUT2D eigenvalue weighted by molar-refractivity contribution is 5.96. The van der Waals surface area contributed by atoms with Crippen molar-refractivity contribution in [2.45, 2.75) is 25.3 Å². The van der Waals surface area contributed by atoms with Crippen LogP contribution in [-0.4, -0.2) is 66.2 Å². The van der Waals surface area contributed by atoms with Crippen LogP contribution in [0.4, 0.5) is 0 Å². The van der Waals surface area contributed by atoms with E-state index in [0.717, 1.165) is 39.3 Å². The van der Waals surface area contributed by atoms with Crippen LogP contribution in [0, 0.1) is 19.8 Å². The number of nitrogens with zero attached hydrogens (tertiary/aromatic N) is 3. The Morgan fingerprint density at radius 2 is 1.81 bits per heavy atom. The maximum atomic E-state index is 13.2. The van der Waals surface area contributed by atoms with Crippen molar-refractivity contribution in [2.24, 2.45) is 5.92 Å². The van der Waals surface area contributed by atoms with Crippen LogP contribution in [0.3, 0.4) is 0 Å². The number of benzene rings is 1. The summed E-state index contributed by atoms with van der Waals surface area (Å²) < 4.78 is 5.23. The summed E-state index contributed by atoms with van der Waals surface area (Å²) in [6.45, 7) is 9.98. The van der Waals surface area contributed by atoms with Crippen LogP contribution in [0.25, 0.3) is 0 Å². The molecule has 2 aromatic rings. The van der Waals surface area contributed by atoms with E-state index in [2.05, 4.69) is 50.6 Å². The fourth-order valence-electron chi connectivity index (χ4n) is 5.59. The highest BCUT2D eigenvalue weighted by Crippen LogP contribution is 2.43. The molecule has 1 aromatic heterocycles. The van der Waals surface area contributed by atoms with Gasteiger partial charge in [-0.25, -0.2) is 0 Å². The van der Waals surface area contributed by atoms with Gasteiger partial charge in [0.1, 0.15) is 11.3 Å². The van der Waals surface area contributed by atoms with E-state index in [1.54, 1.807) is 6.92 Å². The number of hydrogen-bond donors (Lipinski definition) is 1. The fraction of sp³-hybridized carbons (Fsp3) is 0.524. The van der Waals surface area contributed by atoms with Crippen LogP contribution >= 0.6 is 0 Å². The van der Waals surface area contributed by atoms with Gasteiger partial charge in [0.25, 0.3) is 5.91 Å². The molecule has 1 aromatic carbocycles. The van der Waals surface area contributed by atoms with Gasteiger partial charge in [-0.15, -0.1) is 0 Å². The molecular weight excluding hydrogens is 340 g/mol. The minimum atomic E-state index is -0.0758. The molecule has 2 unspecified atom stereocenters. The molecule has 5 heterocycles. The largest absolute Gasteiger partial charge is 0.361 e. The Labute approximate surface area is 159 Å². The van der Waals surface area contributed by atoms with Crippen LogP contribution in [0.1, 0.15) is 27.4 Å². The summed E-state index contributed by atoms with van der Waals surface area (Å²) in [5.41, 5.74) is 2.50. The van der Waals surface area contributed by atoms with E-state index in [4.69, 9.17) is 4.52 Å². The maximum absolute atomic E-state index is 13.2. The van der Waals surface area contributed by atoms with Crippen molar-refractivity contribution in [2.75, 3.05) is 39.3 Å². The average Bonchev–Trinajstić information content (AvgIpc) is 2.83. The Morgan fingerprint density at radius 1 is 1.15 bits per heavy atom. The molecule has 6 nitrogen and oxygen atoms in total. The van der Waals surface area contributed by atoms with Crippen molar-refractivity contribution < 1.29 is 9.32 Å². The zero-order valence-electron chi connectivity index (χ0n) is 15.9. The second-order valence-electron chi connectivity index (χ2n) is 8.40. The van der Waals surface area contributed by atoms with Gasteiger partial charge in [0, 0.05) is 56.6 Å². The molecule has 4 aliphatic rings. The summed E-state index contributed by atoms with van der Waals surface area (Å²) in [4.78, 5) is 18.3. The normalized spacial score (nSPS) is 34.4. The maximum Gasteiger partial charge on any atom is 0.257 e. The predicted octanol–water partition coefficient (Wildman–Crippen LogP) is 1.59. The molecule has 4 saturated heterocycles. The van der Waals surface area contributed by atoms with Gasteiger partial charge >= 0.3 is 0 Å². The molecule has 0 radical (unpaired) electrons. The van der Waals surface area contributed by atoms with Crippen molar-refractivity contribution in [3.05, 3.63) is 52.9 Å². The van der Waals surface area contributed by atoms with Gasteiger partial charge in [-0.2, -0.15) is 0 Å². The van der Waals surface area contributed by atoms with Crippen LogP contribution in [-0.2, 0) is 5.41 Å².